The number of non-ortho nitro benzene ring substituents is 1. The molecule has 0 spiro atoms. The lowest BCUT2D eigenvalue weighted by atomic mass is 10.1. The summed E-state index contributed by atoms with van der Waals surface area (Å²) in [6.07, 6.45) is 0. The Balaban J connectivity index is 1.74. The lowest BCUT2D eigenvalue weighted by Crippen LogP contribution is -2.38. The van der Waals surface area contributed by atoms with E-state index in [1.54, 1.807) is 24.3 Å². The fraction of sp³-hybridized carbons (Fsp3) is 0.0909. The van der Waals surface area contributed by atoms with Crippen LogP contribution in [0.1, 0.15) is 20.7 Å². The molecule has 0 unspecified atom stereocenters. The molecular formula is C22H17ClFN3O4. The Morgan fingerprint density at radius 2 is 1.68 bits per heavy atom. The fourth-order valence-electron chi connectivity index (χ4n) is 2.86. The second-order valence-electron chi connectivity index (χ2n) is 6.50. The van der Waals surface area contributed by atoms with Gasteiger partial charge in [-0.2, -0.15) is 0 Å². The Labute approximate surface area is 182 Å². The van der Waals surface area contributed by atoms with Crippen LogP contribution >= 0.6 is 11.6 Å². The molecule has 7 nitrogen and oxygen atoms in total. The summed E-state index contributed by atoms with van der Waals surface area (Å²) in [5.41, 5.74) is 0.759. The highest BCUT2D eigenvalue weighted by atomic mass is 35.5. The van der Waals surface area contributed by atoms with Gasteiger partial charge in [-0.1, -0.05) is 17.7 Å². The van der Waals surface area contributed by atoms with Crippen molar-refractivity contribution in [3.8, 4) is 0 Å². The number of nitrogens with zero attached hydrogens (tertiary/aromatic N) is 2. The first-order chi connectivity index (χ1) is 14.8. The summed E-state index contributed by atoms with van der Waals surface area (Å²) in [6, 6.07) is 17.1. The van der Waals surface area contributed by atoms with Gasteiger partial charge in [0.25, 0.3) is 17.5 Å². The molecule has 0 aromatic heterocycles. The molecule has 0 fully saturated rings. The van der Waals surface area contributed by atoms with E-state index in [0.717, 1.165) is 0 Å². The van der Waals surface area contributed by atoms with Gasteiger partial charge in [-0.05, 0) is 54.6 Å². The number of carbonyl (C=O) groups excluding carboxylic acids is 2. The number of hydrogen-bond acceptors (Lipinski definition) is 4. The highest BCUT2D eigenvalue weighted by Gasteiger charge is 2.19. The minimum absolute atomic E-state index is 0.0677. The van der Waals surface area contributed by atoms with Crippen molar-refractivity contribution >= 4 is 34.8 Å². The third kappa shape index (κ3) is 5.64. The molecule has 0 bridgehead atoms. The second-order valence-corrected chi connectivity index (χ2v) is 6.94. The van der Waals surface area contributed by atoms with Crippen LogP contribution in [-0.2, 0) is 0 Å². The number of hydrogen-bond donors (Lipinski definition) is 1. The van der Waals surface area contributed by atoms with Gasteiger partial charge in [-0.3, -0.25) is 19.7 Å². The quantitative estimate of drug-likeness (QED) is 0.432. The topological polar surface area (TPSA) is 92.6 Å². The van der Waals surface area contributed by atoms with E-state index >= 15 is 0 Å². The second kappa shape index (κ2) is 9.82. The van der Waals surface area contributed by atoms with Crippen LogP contribution in [0, 0.1) is 15.9 Å². The van der Waals surface area contributed by atoms with Gasteiger partial charge < -0.3 is 10.2 Å². The van der Waals surface area contributed by atoms with Crippen molar-refractivity contribution in [3.63, 3.8) is 0 Å². The Bertz CT molecular complexity index is 1100. The minimum atomic E-state index is -0.585. The zero-order valence-electron chi connectivity index (χ0n) is 16.1. The summed E-state index contributed by atoms with van der Waals surface area (Å²) in [7, 11) is 0. The maximum atomic E-state index is 13.3. The van der Waals surface area contributed by atoms with Crippen molar-refractivity contribution in [3.05, 3.63) is 105 Å². The molecule has 9 heteroatoms. The number of benzene rings is 3. The van der Waals surface area contributed by atoms with Crippen molar-refractivity contribution in [1.29, 1.82) is 0 Å². The fourth-order valence-corrected chi connectivity index (χ4v) is 2.99. The normalized spacial score (nSPS) is 10.4. The highest BCUT2D eigenvalue weighted by Crippen LogP contribution is 2.19. The van der Waals surface area contributed by atoms with Crippen LogP contribution in [0.2, 0.25) is 5.02 Å². The lowest BCUT2D eigenvalue weighted by Gasteiger charge is -2.23. The monoisotopic (exact) mass is 441 g/mol. The molecule has 0 atom stereocenters. The number of rotatable bonds is 7. The molecule has 0 radical (unpaired) electrons. The lowest BCUT2D eigenvalue weighted by molar-refractivity contribution is -0.384. The predicted molar refractivity (Wildman–Crippen MR) is 115 cm³/mol. The Morgan fingerprint density at radius 1 is 1.00 bits per heavy atom. The van der Waals surface area contributed by atoms with Crippen LogP contribution in [0.15, 0.2) is 72.8 Å². The van der Waals surface area contributed by atoms with Crippen LogP contribution < -0.4 is 10.2 Å². The summed E-state index contributed by atoms with van der Waals surface area (Å²) in [5, 5.41) is 14.0. The van der Waals surface area contributed by atoms with Gasteiger partial charge in [0.2, 0.25) is 0 Å². The molecular weight excluding hydrogens is 425 g/mol. The van der Waals surface area contributed by atoms with E-state index in [4.69, 9.17) is 11.6 Å². The molecule has 0 saturated carbocycles. The standard InChI is InChI=1S/C22H17ClFN3O4/c23-17-6-4-15(5-7-17)22(29)26(19-10-8-18(24)9-11-19)13-12-25-21(28)16-2-1-3-20(14-16)27(30)31/h1-11,14H,12-13H2,(H,25,28). The zero-order chi connectivity index (χ0) is 22.4. The van der Waals surface area contributed by atoms with Crippen LogP contribution in [0.4, 0.5) is 15.8 Å². The zero-order valence-corrected chi connectivity index (χ0v) is 16.9. The molecule has 3 rings (SSSR count). The molecule has 2 amide bonds. The van der Waals surface area contributed by atoms with E-state index in [1.165, 1.54) is 53.4 Å². The average Bonchev–Trinajstić information content (AvgIpc) is 2.77. The van der Waals surface area contributed by atoms with E-state index < -0.39 is 16.6 Å². The van der Waals surface area contributed by atoms with E-state index in [1.807, 2.05) is 0 Å². The first-order valence-electron chi connectivity index (χ1n) is 9.21. The molecule has 31 heavy (non-hydrogen) atoms. The Kier molecular flexibility index (Phi) is 6.94. The Morgan fingerprint density at radius 3 is 2.32 bits per heavy atom. The summed E-state index contributed by atoms with van der Waals surface area (Å²) >= 11 is 5.88. The van der Waals surface area contributed by atoms with Crippen LogP contribution in [-0.4, -0.2) is 29.8 Å². The van der Waals surface area contributed by atoms with Gasteiger partial charge in [0.1, 0.15) is 5.82 Å². The van der Waals surface area contributed by atoms with Crippen LogP contribution in [0.3, 0.4) is 0 Å². The molecule has 158 valence electrons. The summed E-state index contributed by atoms with van der Waals surface area (Å²) in [5.74, 6) is -1.31. The van der Waals surface area contributed by atoms with E-state index in [9.17, 15) is 24.1 Å². The van der Waals surface area contributed by atoms with E-state index in [-0.39, 0.29) is 30.2 Å². The van der Waals surface area contributed by atoms with Crippen molar-refractivity contribution in [2.75, 3.05) is 18.0 Å². The van der Waals surface area contributed by atoms with E-state index in [0.29, 0.717) is 16.3 Å². The summed E-state index contributed by atoms with van der Waals surface area (Å²) in [4.78, 5) is 37.1. The maximum absolute atomic E-state index is 13.3. The van der Waals surface area contributed by atoms with Crippen LogP contribution in [0.5, 0.6) is 0 Å². The molecule has 0 aliphatic rings. The predicted octanol–water partition coefficient (Wildman–Crippen LogP) is 4.46. The largest absolute Gasteiger partial charge is 0.350 e. The van der Waals surface area contributed by atoms with Crippen molar-refractivity contribution < 1.29 is 18.9 Å². The number of nitro groups is 1. The molecule has 1 N–H and O–H groups in total. The smallest absolute Gasteiger partial charge is 0.270 e. The van der Waals surface area contributed by atoms with Crippen molar-refractivity contribution in [2.24, 2.45) is 0 Å². The van der Waals surface area contributed by atoms with Crippen LogP contribution in [0.25, 0.3) is 0 Å². The van der Waals surface area contributed by atoms with Gasteiger partial charge in [0.15, 0.2) is 0 Å². The minimum Gasteiger partial charge on any atom is -0.350 e. The van der Waals surface area contributed by atoms with Gasteiger partial charge >= 0.3 is 0 Å². The first kappa shape index (κ1) is 21.9. The summed E-state index contributed by atoms with van der Waals surface area (Å²) in [6.45, 7) is 0.159. The maximum Gasteiger partial charge on any atom is 0.270 e. The molecule has 0 aliphatic heterocycles. The number of carbonyl (C=O) groups is 2. The summed E-state index contributed by atoms with van der Waals surface area (Å²) < 4.78 is 13.3. The van der Waals surface area contributed by atoms with Gasteiger partial charge in [-0.25, -0.2) is 4.39 Å². The van der Waals surface area contributed by atoms with E-state index in [2.05, 4.69) is 5.32 Å². The van der Waals surface area contributed by atoms with Gasteiger partial charge in [0.05, 0.1) is 4.92 Å². The molecule has 3 aromatic rings. The average molecular weight is 442 g/mol. The number of nitro benzene ring substituents is 1. The molecule has 0 saturated heterocycles. The van der Waals surface area contributed by atoms with Gasteiger partial charge in [-0.15, -0.1) is 0 Å². The number of nitrogens with one attached hydrogen (secondary N) is 1. The van der Waals surface area contributed by atoms with Crippen molar-refractivity contribution in [1.82, 2.24) is 5.32 Å². The molecule has 0 heterocycles. The molecule has 0 aliphatic carbocycles. The first-order valence-corrected chi connectivity index (χ1v) is 9.58. The Hall–Kier alpha value is -3.78. The van der Waals surface area contributed by atoms with Crippen molar-refractivity contribution in [2.45, 2.75) is 0 Å². The molecule has 3 aromatic carbocycles. The number of halogens is 2. The third-order valence-electron chi connectivity index (χ3n) is 4.41. The number of amides is 2. The highest BCUT2D eigenvalue weighted by molar-refractivity contribution is 6.30. The number of anilines is 1. The third-order valence-corrected chi connectivity index (χ3v) is 4.67. The van der Waals surface area contributed by atoms with Gasteiger partial charge in [0, 0.05) is 47.1 Å². The SMILES string of the molecule is O=C(NCCN(C(=O)c1ccc(Cl)cc1)c1ccc(F)cc1)c1cccc([N+](=O)[O-])c1.